The van der Waals surface area contributed by atoms with Gasteiger partial charge in [-0.25, -0.2) is 0 Å². The number of nitrogens with zero attached hydrogens (tertiary/aromatic N) is 2. The van der Waals surface area contributed by atoms with Crippen LogP contribution in [0.15, 0.2) is 11.1 Å². The third-order valence-electron chi connectivity index (χ3n) is 4.82. The molecule has 0 aromatic carbocycles. The molecule has 1 aromatic rings. The van der Waals surface area contributed by atoms with E-state index in [9.17, 15) is 0 Å². The van der Waals surface area contributed by atoms with Gasteiger partial charge < -0.3 is 10.6 Å². The van der Waals surface area contributed by atoms with Gasteiger partial charge in [-0.15, -0.1) is 0 Å². The summed E-state index contributed by atoms with van der Waals surface area (Å²) in [7, 11) is 0. The molecule has 0 spiro atoms. The lowest BCUT2D eigenvalue weighted by Gasteiger charge is -2.33. The van der Waals surface area contributed by atoms with Crippen LogP contribution in [0.5, 0.6) is 0 Å². The molecule has 0 radical (unpaired) electrons. The molecule has 1 aromatic heterocycles. The summed E-state index contributed by atoms with van der Waals surface area (Å²) in [4.78, 5) is 9.46. The Morgan fingerprint density at radius 3 is 2.95 bits per heavy atom. The van der Waals surface area contributed by atoms with E-state index in [2.05, 4.69) is 35.5 Å². The number of pyridine rings is 1. The number of aromatic nitrogens is 1. The molecule has 4 nitrogen and oxygen atoms in total. The summed E-state index contributed by atoms with van der Waals surface area (Å²) in [6, 6.07) is 0. The van der Waals surface area contributed by atoms with Gasteiger partial charge in [0.15, 0.2) is 5.96 Å². The van der Waals surface area contributed by atoms with E-state index in [4.69, 9.17) is 4.98 Å². The number of hydrogen-bond donors (Lipinski definition) is 2. The summed E-state index contributed by atoms with van der Waals surface area (Å²) in [5.41, 5.74) is 8.13. The molecular weight excluding hydrogens is 260 g/mol. The maximum atomic E-state index is 4.99. The van der Waals surface area contributed by atoms with Crippen molar-refractivity contribution < 1.29 is 0 Å². The smallest absolute Gasteiger partial charge is 0.195 e. The Balaban J connectivity index is 1.82. The highest BCUT2D eigenvalue weighted by Gasteiger charge is 2.39. The molecular formula is C17H22N4. The fourth-order valence-electron chi connectivity index (χ4n) is 3.83. The molecule has 4 rings (SSSR count). The van der Waals surface area contributed by atoms with E-state index in [1.807, 2.05) is 0 Å². The van der Waals surface area contributed by atoms with Gasteiger partial charge >= 0.3 is 0 Å². The molecule has 2 aliphatic carbocycles. The summed E-state index contributed by atoms with van der Waals surface area (Å²) in [5.74, 6) is 1.52. The molecule has 0 bridgehead atoms. The lowest BCUT2D eigenvalue weighted by atomic mass is 9.74. The summed E-state index contributed by atoms with van der Waals surface area (Å²) >= 11 is 0. The number of rotatable bonds is 3. The van der Waals surface area contributed by atoms with Crippen molar-refractivity contribution in [1.82, 2.24) is 10.3 Å². The van der Waals surface area contributed by atoms with Gasteiger partial charge in [-0.3, -0.25) is 9.98 Å². The first-order valence-corrected chi connectivity index (χ1v) is 8.14. The highest BCUT2D eigenvalue weighted by Crippen LogP contribution is 2.54. The number of aryl methyl sites for hydroxylation is 1. The van der Waals surface area contributed by atoms with Crippen LogP contribution in [0.1, 0.15) is 55.1 Å². The monoisotopic (exact) mass is 282 g/mol. The number of guanidine groups is 1. The molecule has 4 heteroatoms. The van der Waals surface area contributed by atoms with Gasteiger partial charge in [-0.05, 0) is 36.8 Å². The van der Waals surface area contributed by atoms with Crippen molar-refractivity contribution >= 4 is 17.2 Å². The highest BCUT2D eigenvalue weighted by atomic mass is 15.2. The second kappa shape index (κ2) is 4.86. The maximum absolute atomic E-state index is 4.99. The minimum atomic E-state index is 0.617. The van der Waals surface area contributed by atoms with Crippen molar-refractivity contribution in [2.24, 2.45) is 4.99 Å². The Kier molecular flexibility index (Phi) is 2.98. The Hall–Kier alpha value is -1.84. The number of hydrogen-bond acceptors (Lipinski definition) is 4. The zero-order valence-corrected chi connectivity index (χ0v) is 12.8. The van der Waals surface area contributed by atoms with Gasteiger partial charge in [0.1, 0.15) is 0 Å². The molecule has 1 unspecified atom stereocenters. The number of allylic oxidation sites excluding steroid dienone is 2. The summed E-state index contributed by atoms with van der Waals surface area (Å²) < 4.78 is 0. The quantitative estimate of drug-likeness (QED) is 0.896. The van der Waals surface area contributed by atoms with Gasteiger partial charge in [-0.2, -0.15) is 0 Å². The molecule has 21 heavy (non-hydrogen) atoms. The average molecular weight is 282 g/mol. The van der Waals surface area contributed by atoms with Crippen molar-refractivity contribution in [2.75, 3.05) is 18.4 Å². The van der Waals surface area contributed by atoms with E-state index in [0.717, 1.165) is 31.9 Å². The Morgan fingerprint density at radius 1 is 1.33 bits per heavy atom. The van der Waals surface area contributed by atoms with Crippen molar-refractivity contribution in [2.45, 2.75) is 45.4 Å². The zero-order valence-electron chi connectivity index (χ0n) is 12.8. The van der Waals surface area contributed by atoms with Crippen LogP contribution in [-0.2, 0) is 12.8 Å². The topological polar surface area (TPSA) is 49.3 Å². The zero-order chi connectivity index (χ0) is 14.4. The highest BCUT2D eigenvalue weighted by molar-refractivity contribution is 5.98. The van der Waals surface area contributed by atoms with Crippen molar-refractivity contribution in [3.8, 4) is 0 Å². The fourth-order valence-corrected chi connectivity index (χ4v) is 3.83. The van der Waals surface area contributed by atoms with Gasteiger partial charge in [0.25, 0.3) is 0 Å². The van der Waals surface area contributed by atoms with Crippen LogP contribution in [0.3, 0.4) is 0 Å². The normalized spacial score (nSPS) is 21.9. The van der Waals surface area contributed by atoms with Crippen molar-refractivity contribution in [1.29, 1.82) is 0 Å². The predicted octanol–water partition coefficient (Wildman–Crippen LogP) is 2.85. The molecule has 0 saturated carbocycles. The minimum Gasteiger partial charge on any atom is -0.354 e. The van der Waals surface area contributed by atoms with E-state index < -0.39 is 0 Å². The molecule has 0 amide bonds. The van der Waals surface area contributed by atoms with Crippen LogP contribution in [0.4, 0.5) is 5.69 Å². The SMILES string of the molecule is CCc1nc2c(c(CC)c1NC1=NCCN1)C1=CCCC12. The molecule has 2 heterocycles. The number of aliphatic imine (C=N–C) groups is 1. The largest absolute Gasteiger partial charge is 0.354 e. The second-order valence-electron chi connectivity index (χ2n) is 5.95. The Labute approximate surface area is 125 Å². The summed E-state index contributed by atoms with van der Waals surface area (Å²) in [6.45, 7) is 6.22. The molecule has 0 saturated heterocycles. The lowest BCUT2D eigenvalue weighted by molar-refractivity contribution is 0.731. The average Bonchev–Trinajstić information content (AvgIpc) is 3.14. The first kappa shape index (κ1) is 12.9. The first-order chi connectivity index (χ1) is 10.3. The van der Waals surface area contributed by atoms with Crippen molar-refractivity contribution in [3.05, 3.63) is 28.6 Å². The molecule has 0 fully saturated rings. The standard InChI is InChI=1S/C17H22N4/c1-3-10-14-11-6-5-7-12(11)16(14)20-13(4-2)15(10)21-17-18-8-9-19-17/h6,12H,3-5,7-9H2,1-2H3,(H2,18,19,21). The van der Waals surface area contributed by atoms with Gasteiger partial charge in [0.2, 0.25) is 0 Å². The Bertz CT molecular complexity index is 657. The number of nitrogens with one attached hydrogen (secondary N) is 2. The van der Waals surface area contributed by atoms with Crippen LogP contribution >= 0.6 is 0 Å². The number of fused-ring (bicyclic) bond motifs is 4. The van der Waals surface area contributed by atoms with E-state index in [1.54, 1.807) is 5.57 Å². The summed E-state index contributed by atoms with van der Waals surface area (Å²) in [5, 5.41) is 6.81. The van der Waals surface area contributed by atoms with Crippen LogP contribution in [0.25, 0.3) is 5.57 Å². The second-order valence-corrected chi connectivity index (χ2v) is 5.95. The van der Waals surface area contributed by atoms with Crippen LogP contribution in [-0.4, -0.2) is 24.0 Å². The van der Waals surface area contributed by atoms with Crippen LogP contribution in [0.2, 0.25) is 0 Å². The van der Waals surface area contributed by atoms with E-state index in [-0.39, 0.29) is 0 Å². The van der Waals surface area contributed by atoms with E-state index in [0.29, 0.717) is 5.92 Å². The number of anilines is 1. The van der Waals surface area contributed by atoms with Crippen molar-refractivity contribution in [3.63, 3.8) is 0 Å². The van der Waals surface area contributed by atoms with E-state index >= 15 is 0 Å². The first-order valence-electron chi connectivity index (χ1n) is 8.14. The van der Waals surface area contributed by atoms with Gasteiger partial charge in [0, 0.05) is 18.0 Å². The molecule has 110 valence electrons. The predicted molar refractivity (Wildman–Crippen MR) is 86.9 cm³/mol. The molecule has 1 aliphatic heterocycles. The van der Waals surface area contributed by atoms with Crippen LogP contribution in [0, 0.1) is 0 Å². The maximum Gasteiger partial charge on any atom is 0.195 e. The van der Waals surface area contributed by atoms with Gasteiger partial charge in [0.05, 0.1) is 23.6 Å². The van der Waals surface area contributed by atoms with E-state index in [1.165, 1.54) is 41.0 Å². The van der Waals surface area contributed by atoms with Crippen LogP contribution < -0.4 is 10.6 Å². The minimum absolute atomic E-state index is 0.617. The third kappa shape index (κ3) is 1.81. The third-order valence-corrected chi connectivity index (χ3v) is 4.82. The molecule has 1 atom stereocenters. The Morgan fingerprint density at radius 2 is 2.24 bits per heavy atom. The van der Waals surface area contributed by atoms with Gasteiger partial charge in [-0.1, -0.05) is 19.9 Å². The lowest BCUT2D eigenvalue weighted by Crippen LogP contribution is -2.29. The fraction of sp³-hybridized carbons (Fsp3) is 0.529. The molecule has 3 aliphatic rings. The molecule has 2 N–H and O–H groups in total. The summed E-state index contributed by atoms with van der Waals surface area (Å²) in [6.07, 6.45) is 6.87.